The Morgan fingerprint density at radius 2 is 1.70 bits per heavy atom. The topological polar surface area (TPSA) is 193 Å². The van der Waals surface area contributed by atoms with E-state index in [0.29, 0.717) is 5.69 Å². The van der Waals surface area contributed by atoms with Crippen LogP contribution in [0, 0.1) is 0 Å². The van der Waals surface area contributed by atoms with Crippen LogP contribution in [0.2, 0.25) is 0 Å². The Bertz CT molecular complexity index is 1020. The van der Waals surface area contributed by atoms with Crippen LogP contribution in [0.15, 0.2) is 33.9 Å². The van der Waals surface area contributed by atoms with Gasteiger partial charge in [-0.1, -0.05) is 0 Å². The van der Waals surface area contributed by atoms with Crippen LogP contribution in [0.4, 0.5) is 5.69 Å². The number of carbonyl (C=O) groups is 3. The van der Waals surface area contributed by atoms with Crippen molar-refractivity contribution in [1.29, 1.82) is 0 Å². The molecule has 0 aliphatic carbocycles. The number of carbonyl (C=O) groups excluding carboxylic acids is 1. The molecule has 6 N–H and O–H groups in total. The summed E-state index contributed by atoms with van der Waals surface area (Å²) in [7, 11) is 0. The molecule has 11 nitrogen and oxygen atoms in total. The van der Waals surface area contributed by atoms with E-state index in [2.05, 4.69) is 0 Å². The number of rotatable bonds is 7. The Morgan fingerprint density at radius 3 is 2.22 bits per heavy atom. The van der Waals surface area contributed by atoms with Crippen molar-refractivity contribution in [3.05, 3.63) is 56.2 Å². The molecule has 0 saturated carbocycles. The normalized spacial score (nSPS) is 11.7. The van der Waals surface area contributed by atoms with Crippen molar-refractivity contribution in [3.8, 4) is 5.88 Å². The number of carboxylic acid groups (broad SMARTS) is 2. The summed E-state index contributed by atoms with van der Waals surface area (Å²) in [5.41, 5.74) is 2.48. The van der Waals surface area contributed by atoms with E-state index in [-0.39, 0.29) is 10.1 Å². The van der Waals surface area contributed by atoms with Crippen molar-refractivity contribution < 1.29 is 29.7 Å². The Labute approximate surface area is 150 Å². The summed E-state index contributed by atoms with van der Waals surface area (Å²) < 4.78 is 0.275. The number of anilines is 1. The standard InChI is InChI=1S/C16H15N3O8/c17-8-3-1-7(2-4-8)12(22)11-13(23)18-16(27)19(14(11)24)9(15(25)26)5-6-10(20)21/h1-4,9,24H,5-6,17H2,(H,20,21)(H,25,26)(H,18,23,27). The molecule has 1 aromatic carbocycles. The van der Waals surface area contributed by atoms with Gasteiger partial charge in [0.1, 0.15) is 11.6 Å². The first-order valence-electron chi connectivity index (χ1n) is 7.56. The van der Waals surface area contributed by atoms with E-state index < -0.39 is 59.3 Å². The number of nitrogens with two attached hydrogens (primary N) is 1. The minimum absolute atomic E-state index is 0.0346. The molecule has 1 atom stereocenters. The maximum Gasteiger partial charge on any atom is 0.331 e. The van der Waals surface area contributed by atoms with Crippen molar-refractivity contribution >= 4 is 23.4 Å². The minimum atomic E-state index is -1.80. The average Bonchev–Trinajstić information content (AvgIpc) is 2.57. The first kappa shape index (κ1) is 19.4. The van der Waals surface area contributed by atoms with Gasteiger partial charge in [0.25, 0.3) is 5.56 Å². The number of hydrogen-bond acceptors (Lipinski definition) is 7. The van der Waals surface area contributed by atoms with Crippen LogP contribution in [0.3, 0.4) is 0 Å². The lowest BCUT2D eigenvalue weighted by Gasteiger charge is -2.17. The van der Waals surface area contributed by atoms with Crippen molar-refractivity contribution in [2.45, 2.75) is 18.9 Å². The number of aliphatic carboxylic acids is 2. The van der Waals surface area contributed by atoms with Gasteiger partial charge in [0.2, 0.25) is 11.7 Å². The lowest BCUT2D eigenvalue weighted by atomic mass is 10.0. The fourth-order valence-corrected chi connectivity index (χ4v) is 2.43. The summed E-state index contributed by atoms with van der Waals surface area (Å²) in [6.45, 7) is 0. The highest BCUT2D eigenvalue weighted by molar-refractivity contribution is 6.10. The number of hydrogen-bond donors (Lipinski definition) is 5. The average molecular weight is 377 g/mol. The third-order valence-corrected chi connectivity index (χ3v) is 3.75. The van der Waals surface area contributed by atoms with E-state index >= 15 is 0 Å². The van der Waals surface area contributed by atoms with Gasteiger partial charge in [-0.15, -0.1) is 0 Å². The van der Waals surface area contributed by atoms with Crippen molar-refractivity contribution in [3.63, 3.8) is 0 Å². The molecule has 0 spiro atoms. The van der Waals surface area contributed by atoms with Crippen LogP contribution in [0.25, 0.3) is 0 Å². The Kier molecular flexibility index (Phi) is 5.44. The molecule has 1 unspecified atom stereocenters. The number of carboxylic acids is 2. The van der Waals surface area contributed by atoms with Gasteiger partial charge < -0.3 is 21.1 Å². The molecule has 0 saturated heterocycles. The Balaban J connectivity index is 2.62. The van der Waals surface area contributed by atoms with Crippen LogP contribution in [0.1, 0.15) is 34.8 Å². The number of aromatic nitrogens is 2. The zero-order valence-corrected chi connectivity index (χ0v) is 13.7. The zero-order valence-electron chi connectivity index (χ0n) is 13.7. The van der Waals surface area contributed by atoms with E-state index in [1.165, 1.54) is 24.3 Å². The number of nitrogens with one attached hydrogen (secondary N) is 1. The van der Waals surface area contributed by atoms with Gasteiger partial charge in [0, 0.05) is 17.7 Å². The molecule has 1 heterocycles. The van der Waals surface area contributed by atoms with Gasteiger partial charge in [-0.25, -0.2) is 14.2 Å². The molecule has 1 aromatic heterocycles. The molecule has 0 bridgehead atoms. The molecule has 2 rings (SSSR count). The number of aromatic hydroxyl groups is 1. The monoisotopic (exact) mass is 377 g/mol. The molecular weight excluding hydrogens is 362 g/mol. The maximum absolute atomic E-state index is 12.5. The van der Waals surface area contributed by atoms with E-state index in [1.807, 2.05) is 0 Å². The molecular formula is C16H15N3O8. The molecule has 27 heavy (non-hydrogen) atoms. The van der Waals surface area contributed by atoms with E-state index in [1.54, 1.807) is 4.98 Å². The number of aromatic amines is 1. The third-order valence-electron chi connectivity index (χ3n) is 3.75. The van der Waals surface area contributed by atoms with Crippen molar-refractivity contribution in [2.24, 2.45) is 0 Å². The van der Waals surface area contributed by atoms with Gasteiger partial charge in [-0.05, 0) is 30.7 Å². The second kappa shape index (κ2) is 7.56. The van der Waals surface area contributed by atoms with E-state index in [4.69, 9.17) is 10.8 Å². The molecule has 0 radical (unpaired) electrons. The third kappa shape index (κ3) is 4.03. The largest absolute Gasteiger partial charge is 0.494 e. The number of benzene rings is 1. The first-order valence-corrected chi connectivity index (χ1v) is 7.56. The van der Waals surface area contributed by atoms with E-state index in [9.17, 15) is 34.2 Å². The Morgan fingerprint density at radius 1 is 1.11 bits per heavy atom. The first-order chi connectivity index (χ1) is 12.6. The van der Waals surface area contributed by atoms with Gasteiger partial charge >= 0.3 is 17.6 Å². The lowest BCUT2D eigenvalue weighted by molar-refractivity contribution is -0.142. The highest BCUT2D eigenvalue weighted by Crippen LogP contribution is 2.22. The van der Waals surface area contributed by atoms with Crippen LogP contribution in [-0.2, 0) is 9.59 Å². The quantitative estimate of drug-likeness (QED) is 0.314. The SMILES string of the molecule is Nc1ccc(C(=O)c2c(O)n(C(CCC(=O)O)C(=O)O)c(=O)[nH]c2=O)cc1. The summed E-state index contributed by atoms with van der Waals surface area (Å²) in [4.78, 5) is 60.5. The molecule has 0 fully saturated rings. The van der Waals surface area contributed by atoms with Gasteiger partial charge in [0.15, 0.2) is 0 Å². The second-order valence-corrected chi connectivity index (χ2v) is 5.57. The van der Waals surface area contributed by atoms with Gasteiger partial charge in [0.05, 0.1) is 0 Å². The Hall–Kier alpha value is -3.89. The second-order valence-electron chi connectivity index (χ2n) is 5.57. The maximum atomic E-state index is 12.5. The number of nitrogens with zero attached hydrogens (tertiary/aromatic N) is 1. The van der Waals surface area contributed by atoms with Gasteiger partial charge in [-0.2, -0.15) is 0 Å². The fraction of sp³-hybridized carbons (Fsp3) is 0.188. The molecule has 2 aromatic rings. The molecule has 11 heteroatoms. The number of ketones is 1. The van der Waals surface area contributed by atoms with E-state index in [0.717, 1.165) is 0 Å². The number of nitrogen functional groups attached to an aromatic ring is 1. The van der Waals surface area contributed by atoms with Crippen LogP contribution >= 0.6 is 0 Å². The highest BCUT2D eigenvalue weighted by Gasteiger charge is 2.29. The minimum Gasteiger partial charge on any atom is -0.494 e. The fourth-order valence-electron chi connectivity index (χ4n) is 2.43. The predicted molar refractivity (Wildman–Crippen MR) is 90.8 cm³/mol. The summed E-state index contributed by atoms with van der Waals surface area (Å²) in [5, 5.41) is 28.3. The predicted octanol–water partition coefficient (Wildman–Crippen LogP) is -0.454. The molecule has 0 aliphatic rings. The lowest BCUT2D eigenvalue weighted by Crippen LogP contribution is -2.38. The molecule has 0 amide bonds. The summed E-state index contributed by atoms with van der Waals surface area (Å²) >= 11 is 0. The summed E-state index contributed by atoms with van der Waals surface area (Å²) in [6.07, 6.45) is -1.18. The van der Waals surface area contributed by atoms with Crippen molar-refractivity contribution in [2.75, 3.05) is 5.73 Å². The summed E-state index contributed by atoms with van der Waals surface area (Å²) in [6, 6.07) is 3.52. The smallest absolute Gasteiger partial charge is 0.331 e. The van der Waals surface area contributed by atoms with Gasteiger partial charge in [-0.3, -0.25) is 19.4 Å². The van der Waals surface area contributed by atoms with Crippen LogP contribution < -0.4 is 17.0 Å². The van der Waals surface area contributed by atoms with Crippen LogP contribution in [-0.4, -0.2) is 42.6 Å². The van der Waals surface area contributed by atoms with Crippen LogP contribution in [0.5, 0.6) is 5.88 Å². The highest BCUT2D eigenvalue weighted by atomic mass is 16.4. The summed E-state index contributed by atoms with van der Waals surface area (Å²) in [5.74, 6) is -5.07. The zero-order chi connectivity index (χ0) is 20.3. The van der Waals surface area contributed by atoms with Crippen molar-refractivity contribution in [1.82, 2.24) is 9.55 Å². The molecule has 0 aliphatic heterocycles. The number of H-pyrrole nitrogens is 1. The molecule has 142 valence electrons.